The van der Waals surface area contributed by atoms with Gasteiger partial charge in [0.25, 0.3) is 0 Å². The molecular weight excluding hydrogens is 174 g/mol. The van der Waals surface area contributed by atoms with E-state index in [0.717, 1.165) is 12.2 Å². The highest BCUT2D eigenvalue weighted by atomic mass is 15.3. The van der Waals surface area contributed by atoms with E-state index < -0.39 is 0 Å². The molecule has 0 bridgehead atoms. The fourth-order valence-electron chi connectivity index (χ4n) is 1.67. The lowest BCUT2D eigenvalue weighted by molar-refractivity contribution is 0.635. The number of nitrogens with one attached hydrogen (secondary N) is 1. The van der Waals surface area contributed by atoms with Gasteiger partial charge in [-0.25, -0.2) is 0 Å². The van der Waals surface area contributed by atoms with E-state index in [2.05, 4.69) is 35.2 Å². The van der Waals surface area contributed by atoms with E-state index in [9.17, 15) is 0 Å². The molecular formula is C11H15N3. The molecule has 1 aliphatic rings. The number of fused-ring (bicyclic) bond motifs is 1. The van der Waals surface area contributed by atoms with Gasteiger partial charge < -0.3 is 4.90 Å². The summed E-state index contributed by atoms with van der Waals surface area (Å²) < 4.78 is 0. The lowest BCUT2D eigenvalue weighted by Gasteiger charge is -2.31. The first-order valence-electron chi connectivity index (χ1n) is 4.92. The van der Waals surface area contributed by atoms with Crippen LogP contribution in [0.4, 0.5) is 11.4 Å². The Kier molecular flexibility index (Phi) is 2.50. The maximum atomic E-state index is 4.41. The van der Waals surface area contributed by atoms with Crippen molar-refractivity contribution in [2.75, 3.05) is 18.5 Å². The molecule has 1 atom stereocenters. The highest BCUT2D eigenvalue weighted by Crippen LogP contribution is 2.30. The topological polar surface area (TPSA) is 27.6 Å². The minimum Gasteiger partial charge on any atom is -0.353 e. The fourth-order valence-corrected chi connectivity index (χ4v) is 1.67. The van der Waals surface area contributed by atoms with Crippen LogP contribution in [0.2, 0.25) is 0 Å². The van der Waals surface area contributed by atoms with Crippen LogP contribution in [0.15, 0.2) is 29.3 Å². The lowest BCUT2D eigenvalue weighted by atomic mass is 10.2. The van der Waals surface area contributed by atoms with E-state index in [1.807, 2.05) is 24.4 Å². The summed E-state index contributed by atoms with van der Waals surface area (Å²) in [5, 5.41) is 3.35. The fraction of sp³-hybridized carbons (Fsp3) is 0.364. The number of hydrogen-bond acceptors (Lipinski definition) is 3. The van der Waals surface area contributed by atoms with Crippen molar-refractivity contribution in [3.63, 3.8) is 0 Å². The Morgan fingerprint density at radius 3 is 3.00 bits per heavy atom. The molecule has 1 aliphatic heterocycles. The second kappa shape index (κ2) is 3.80. The number of hydrogen-bond donors (Lipinski definition) is 1. The number of nitrogens with zero attached hydrogens (tertiary/aromatic N) is 2. The van der Waals surface area contributed by atoms with E-state index in [0.29, 0.717) is 0 Å². The van der Waals surface area contributed by atoms with Gasteiger partial charge in [-0.15, -0.1) is 0 Å². The zero-order chi connectivity index (χ0) is 9.97. The van der Waals surface area contributed by atoms with Crippen LogP contribution < -0.4 is 10.2 Å². The molecule has 3 nitrogen and oxygen atoms in total. The van der Waals surface area contributed by atoms with Crippen molar-refractivity contribution in [3.8, 4) is 0 Å². The van der Waals surface area contributed by atoms with Crippen LogP contribution in [-0.4, -0.2) is 26.0 Å². The minimum absolute atomic E-state index is 0.217. The molecule has 0 saturated heterocycles. The van der Waals surface area contributed by atoms with Crippen LogP contribution in [0.1, 0.15) is 6.92 Å². The molecule has 0 saturated carbocycles. The summed E-state index contributed by atoms with van der Waals surface area (Å²) in [6.07, 6.45) is 2.17. The summed E-state index contributed by atoms with van der Waals surface area (Å²) in [4.78, 5) is 6.61. The van der Waals surface area contributed by atoms with Gasteiger partial charge in [-0.2, -0.15) is 0 Å². The predicted octanol–water partition coefficient (Wildman–Crippen LogP) is 1.77. The molecule has 0 aromatic heterocycles. The summed E-state index contributed by atoms with van der Waals surface area (Å²) in [7, 11) is 2.08. The largest absolute Gasteiger partial charge is 0.353 e. The molecule has 3 heteroatoms. The predicted molar refractivity (Wildman–Crippen MR) is 60.5 cm³/mol. The molecule has 0 fully saturated rings. The highest BCUT2D eigenvalue weighted by molar-refractivity contribution is 5.83. The summed E-state index contributed by atoms with van der Waals surface area (Å²) in [5.74, 6) is 0. The SMILES string of the molecule is CCNC1C=Nc2ccccc2N1C. The second-order valence-electron chi connectivity index (χ2n) is 3.38. The van der Waals surface area contributed by atoms with Crippen LogP contribution in [-0.2, 0) is 0 Å². The average Bonchev–Trinajstić information content (AvgIpc) is 2.23. The van der Waals surface area contributed by atoms with Crippen LogP contribution >= 0.6 is 0 Å². The third-order valence-electron chi connectivity index (χ3n) is 2.45. The molecule has 2 rings (SSSR count). The van der Waals surface area contributed by atoms with Gasteiger partial charge >= 0.3 is 0 Å². The van der Waals surface area contributed by atoms with Crippen LogP contribution in [0.3, 0.4) is 0 Å². The second-order valence-corrected chi connectivity index (χ2v) is 3.38. The number of rotatable bonds is 2. The summed E-state index contributed by atoms with van der Waals surface area (Å²) in [6.45, 7) is 3.05. The normalized spacial score (nSPS) is 19.6. The van der Waals surface area contributed by atoms with E-state index in [-0.39, 0.29) is 6.17 Å². The van der Waals surface area contributed by atoms with Crippen LogP contribution in [0.25, 0.3) is 0 Å². The minimum atomic E-state index is 0.217. The van der Waals surface area contributed by atoms with Crippen LogP contribution in [0, 0.1) is 0 Å². The monoisotopic (exact) mass is 189 g/mol. The van der Waals surface area contributed by atoms with E-state index in [4.69, 9.17) is 0 Å². The van der Waals surface area contributed by atoms with Gasteiger partial charge in [0.1, 0.15) is 6.17 Å². The Morgan fingerprint density at radius 2 is 2.21 bits per heavy atom. The molecule has 0 spiro atoms. The molecule has 1 aromatic rings. The molecule has 0 amide bonds. The van der Waals surface area contributed by atoms with Crippen molar-refractivity contribution in [1.82, 2.24) is 5.32 Å². The van der Waals surface area contributed by atoms with Crippen molar-refractivity contribution < 1.29 is 0 Å². The first-order chi connectivity index (χ1) is 6.83. The number of para-hydroxylation sites is 2. The molecule has 1 aromatic carbocycles. The van der Waals surface area contributed by atoms with Gasteiger partial charge in [0, 0.05) is 13.3 Å². The van der Waals surface area contributed by atoms with E-state index in [1.54, 1.807) is 0 Å². The van der Waals surface area contributed by atoms with Gasteiger partial charge in [-0.3, -0.25) is 10.3 Å². The van der Waals surface area contributed by atoms with Crippen molar-refractivity contribution in [3.05, 3.63) is 24.3 Å². The van der Waals surface area contributed by atoms with Crippen molar-refractivity contribution in [2.45, 2.75) is 13.1 Å². The Morgan fingerprint density at radius 1 is 1.43 bits per heavy atom. The molecule has 1 heterocycles. The number of anilines is 1. The quantitative estimate of drug-likeness (QED) is 0.768. The summed E-state index contributed by atoms with van der Waals surface area (Å²) >= 11 is 0. The standard InChI is InChI=1S/C11H15N3/c1-3-12-11-8-13-9-6-4-5-7-10(9)14(11)2/h4-8,11-12H,3H2,1-2H3. The van der Waals surface area contributed by atoms with Gasteiger partial charge in [-0.1, -0.05) is 19.1 Å². The smallest absolute Gasteiger partial charge is 0.116 e. The van der Waals surface area contributed by atoms with Gasteiger partial charge in [0.15, 0.2) is 0 Å². The Hall–Kier alpha value is -1.35. The zero-order valence-corrected chi connectivity index (χ0v) is 8.57. The third-order valence-corrected chi connectivity index (χ3v) is 2.45. The third kappa shape index (κ3) is 1.51. The summed E-state index contributed by atoms with van der Waals surface area (Å²) in [6, 6.07) is 8.18. The van der Waals surface area contributed by atoms with Crippen molar-refractivity contribution >= 4 is 17.6 Å². The molecule has 74 valence electrons. The molecule has 1 unspecified atom stereocenters. The Balaban J connectivity index is 2.30. The molecule has 1 N–H and O–H groups in total. The van der Waals surface area contributed by atoms with Gasteiger partial charge in [0.05, 0.1) is 11.4 Å². The van der Waals surface area contributed by atoms with Crippen LogP contribution in [0.5, 0.6) is 0 Å². The maximum Gasteiger partial charge on any atom is 0.116 e. The number of aliphatic imine (C=N–C) groups is 1. The highest BCUT2D eigenvalue weighted by Gasteiger charge is 2.18. The van der Waals surface area contributed by atoms with Gasteiger partial charge in [-0.05, 0) is 18.7 Å². The first kappa shape index (κ1) is 9.21. The van der Waals surface area contributed by atoms with E-state index >= 15 is 0 Å². The zero-order valence-electron chi connectivity index (χ0n) is 8.57. The molecule has 14 heavy (non-hydrogen) atoms. The molecule has 0 aliphatic carbocycles. The average molecular weight is 189 g/mol. The van der Waals surface area contributed by atoms with Crippen molar-refractivity contribution in [1.29, 1.82) is 0 Å². The Bertz CT molecular complexity index is 346. The number of benzene rings is 1. The van der Waals surface area contributed by atoms with Crippen molar-refractivity contribution in [2.24, 2.45) is 4.99 Å². The first-order valence-corrected chi connectivity index (χ1v) is 4.92. The lowest BCUT2D eigenvalue weighted by Crippen LogP contribution is -2.46. The Labute approximate surface area is 84.5 Å². The molecule has 0 radical (unpaired) electrons. The maximum absolute atomic E-state index is 4.41. The van der Waals surface area contributed by atoms with E-state index in [1.165, 1.54) is 5.69 Å². The summed E-state index contributed by atoms with van der Waals surface area (Å²) in [5.41, 5.74) is 2.23. The van der Waals surface area contributed by atoms with Gasteiger partial charge in [0.2, 0.25) is 0 Å².